The van der Waals surface area contributed by atoms with E-state index < -0.39 is 0 Å². The lowest BCUT2D eigenvalue weighted by Crippen LogP contribution is -2.31. The van der Waals surface area contributed by atoms with Crippen LogP contribution in [-0.4, -0.2) is 21.9 Å². The van der Waals surface area contributed by atoms with Gasteiger partial charge in [-0.2, -0.15) is 0 Å². The minimum atomic E-state index is -0.138. The zero-order valence-electron chi connectivity index (χ0n) is 14.4. The van der Waals surface area contributed by atoms with E-state index in [0.717, 1.165) is 24.1 Å². The zero-order chi connectivity index (χ0) is 17.8. The highest BCUT2D eigenvalue weighted by molar-refractivity contribution is 6.05. The molecule has 1 saturated carbocycles. The van der Waals surface area contributed by atoms with E-state index in [1.807, 2.05) is 60.7 Å². The van der Waals surface area contributed by atoms with E-state index >= 15 is 0 Å². The molecule has 26 heavy (non-hydrogen) atoms. The Kier molecular flexibility index (Phi) is 4.60. The third-order valence-corrected chi connectivity index (χ3v) is 4.31. The predicted molar refractivity (Wildman–Crippen MR) is 102 cm³/mol. The quantitative estimate of drug-likeness (QED) is 0.737. The van der Waals surface area contributed by atoms with E-state index in [9.17, 15) is 4.79 Å². The van der Waals surface area contributed by atoms with Gasteiger partial charge >= 0.3 is 0 Å². The van der Waals surface area contributed by atoms with Crippen molar-refractivity contribution in [1.29, 1.82) is 0 Å². The van der Waals surface area contributed by atoms with Crippen molar-refractivity contribution in [1.82, 2.24) is 9.97 Å². The van der Waals surface area contributed by atoms with Crippen molar-refractivity contribution in [3.05, 3.63) is 84.3 Å². The highest BCUT2D eigenvalue weighted by Gasteiger charge is 2.23. The largest absolute Gasteiger partial charge is 0.367 e. The standard InChI is InChI=1S/C21H20N4O/c26-21(19-13-20(23-15-22-19)24-17-11-12-17)25(18-9-5-2-6-10-18)14-16-7-3-1-4-8-16/h1-10,13,15,17H,11-12,14H2,(H,22,23,24). The summed E-state index contributed by atoms with van der Waals surface area (Å²) in [5, 5.41) is 3.32. The molecule has 1 fully saturated rings. The number of benzene rings is 2. The van der Waals surface area contributed by atoms with Gasteiger partial charge in [-0.3, -0.25) is 4.79 Å². The molecule has 0 spiro atoms. The summed E-state index contributed by atoms with van der Waals surface area (Å²) in [5.41, 5.74) is 2.30. The lowest BCUT2D eigenvalue weighted by atomic mass is 10.2. The molecule has 130 valence electrons. The number of nitrogens with zero attached hydrogens (tertiary/aromatic N) is 3. The highest BCUT2D eigenvalue weighted by Crippen LogP contribution is 2.24. The van der Waals surface area contributed by atoms with Crippen LogP contribution in [-0.2, 0) is 6.54 Å². The molecule has 0 radical (unpaired) electrons. The smallest absolute Gasteiger partial charge is 0.277 e. The van der Waals surface area contributed by atoms with Gasteiger partial charge in [0, 0.05) is 17.8 Å². The van der Waals surface area contributed by atoms with Crippen molar-refractivity contribution in [2.45, 2.75) is 25.4 Å². The van der Waals surface area contributed by atoms with Crippen LogP contribution in [0.4, 0.5) is 11.5 Å². The van der Waals surface area contributed by atoms with Crippen molar-refractivity contribution >= 4 is 17.4 Å². The second kappa shape index (κ2) is 7.35. The van der Waals surface area contributed by atoms with Crippen LogP contribution in [0.3, 0.4) is 0 Å². The molecule has 1 amide bonds. The Labute approximate surface area is 152 Å². The van der Waals surface area contributed by atoms with E-state index in [-0.39, 0.29) is 5.91 Å². The Balaban J connectivity index is 1.63. The van der Waals surface area contributed by atoms with Gasteiger partial charge in [-0.1, -0.05) is 48.5 Å². The van der Waals surface area contributed by atoms with Gasteiger partial charge in [-0.25, -0.2) is 9.97 Å². The Hall–Kier alpha value is -3.21. The van der Waals surface area contributed by atoms with Crippen molar-refractivity contribution in [3.8, 4) is 0 Å². The van der Waals surface area contributed by atoms with Crippen molar-refractivity contribution in [2.75, 3.05) is 10.2 Å². The van der Waals surface area contributed by atoms with Crippen LogP contribution in [0.2, 0.25) is 0 Å². The number of amides is 1. The molecule has 1 N–H and O–H groups in total. The van der Waals surface area contributed by atoms with Gasteiger partial charge in [-0.15, -0.1) is 0 Å². The summed E-state index contributed by atoms with van der Waals surface area (Å²) < 4.78 is 0. The Morgan fingerprint density at radius 3 is 2.38 bits per heavy atom. The number of aromatic nitrogens is 2. The number of nitrogens with one attached hydrogen (secondary N) is 1. The molecule has 1 aromatic heterocycles. The molecule has 0 atom stereocenters. The highest BCUT2D eigenvalue weighted by atomic mass is 16.2. The average Bonchev–Trinajstić information content (AvgIpc) is 3.51. The van der Waals surface area contributed by atoms with E-state index in [0.29, 0.717) is 24.1 Å². The third kappa shape index (κ3) is 3.88. The summed E-state index contributed by atoms with van der Waals surface area (Å²) in [4.78, 5) is 23.4. The van der Waals surface area contributed by atoms with Gasteiger partial charge in [-0.05, 0) is 30.5 Å². The Bertz CT molecular complexity index is 879. The predicted octanol–water partition coefficient (Wildman–Crippen LogP) is 3.90. The molecule has 5 heteroatoms. The summed E-state index contributed by atoms with van der Waals surface area (Å²) in [5.74, 6) is 0.569. The molecule has 0 bridgehead atoms. The molecule has 0 unspecified atom stereocenters. The van der Waals surface area contributed by atoms with Crippen LogP contribution >= 0.6 is 0 Å². The molecular formula is C21H20N4O. The average molecular weight is 344 g/mol. The van der Waals surface area contributed by atoms with Gasteiger partial charge in [0.15, 0.2) is 0 Å². The van der Waals surface area contributed by atoms with Gasteiger partial charge in [0.2, 0.25) is 0 Å². The first-order chi connectivity index (χ1) is 12.8. The summed E-state index contributed by atoms with van der Waals surface area (Å²) >= 11 is 0. The maximum atomic E-state index is 13.2. The SMILES string of the molecule is O=C(c1cc(NC2CC2)ncn1)N(Cc1ccccc1)c1ccccc1. The Morgan fingerprint density at radius 2 is 1.69 bits per heavy atom. The molecular weight excluding hydrogens is 324 g/mol. The molecule has 0 aliphatic heterocycles. The molecule has 0 saturated heterocycles. The number of hydrogen-bond donors (Lipinski definition) is 1. The van der Waals surface area contributed by atoms with E-state index in [1.165, 1.54) is 6.33 Å². The lowest BCUT2D eigenvalue weighted by molar-refractivity contribution is 0.0980. The number of carbonyl (C=O) groups excluding carboxylic acids is 1. The maximum Gasteiger partial charge on any atom is 0.277 e. The fourth-order valence-electron chi connectivity index (χ4n) is 2.78. The molecule has 2 aromatic carbocycles. The summed E-state index contributed by atoms with van der Waals surface area (Å²) in [7, 11) is 0. The molecule has 1 heterocycles. The molecule has 4 rings (SSSR count). The van der Waals surface area contributed by atoms with Gasteiger partial charge in [0.25, 0.3) is 5.91 Å². The summed E-state index contributed by atoms with van der Waals surface area (Å²) in [6.07, 6.45) is 3.75. The normalized spacial score (nSPS) is 13.2. The monoisotopic (exact) mass is 344 g/mol. The van der Waals surface area contributed by atoms with Crippen molar-refractivity contribution < 1.29 is 4.79 Å². The fourth-order valence-corrected chi connectivity index (χ4v) is 2.78. The minimum Gasteiger partial charge on any atom is -0.367 e. The maximum absolute atomic E-state index is 13.2. The van der Waals surface area contributed by atoms with Crippen LogP contribution in [0, 0.1) is 0 Å². The van der Waals surface area contributed by atoms with Crippen molar-refractivity contribution in [2.24, 2.45) is 0 Å². The van der Waals surface area contributed by atoms with Gasteiger partial charge < -0.3 is 10.2 Å². The van der Waals surface area contributed by atoms with Crippen molar-refractivity contribution in [3.63, 3.8) is 0 Å². The molecule has 1 aliphatic carbocycles. The summed E-state index contributed by atoms with van der Waals surface area (Å²) in [6, 6.07) is 21.8. The number of para-hydroxylation sites is 1. The fraction of sp³-hybridized carbons (Fsp3) is 0.190. The molecule has 5 nitrogen and oxygen atoms in total. The van der Waals surface area contributed by atoms with Gasteiger partial charge in [0.1, 0.15) is 17.8 Å². The lowest BCUT2D eigenvalue weighted by Gasteiger charge is -2.23. The van der Waals surface area contributed by atoms with E-state index in [4.69, 9.17) is 0 Å². The molecule has 1 aliphatic rings. The number of carbonyl (C=O) groups is 1. The molecule has 3 aromatic rings. The van der Waals surface area contributed by atoms with Crippen LogP contribution in [0.5, 0.6) is 0 Å². The number of anilines is 2. The first-order valence-electron chi connectivity index (χ1n) is 8.79. The summed E-state index contributed by atoms with van der Waals surface area (Å²) in [6.45, 7) is 0.485. The zero-order valence-corrected chi connectivity index (χ0v) is 14.4. The van der Waals surface area contributed by atoms with Crippen LogP contribution in [0.25, 0.3) is 0 Å². The minimum absolute atomic E-state index is 0.138. The van der Waals surface area contributed by atoms with E-state index in [1.54, 1.807) is 11.0 Å². The van der Waals surface area contributed by atoms with E-state index in [2.05, 4.69) is 15.3 Å². The second-order valence-corrected chi connectivity index (χ2v) is 6.42. The Morgan fingerprint density at radius 1 is 1.00 bits per heavy atom. The first-order valence-corrected chi connectivity index (χ1v) is 8.79. The topological polar surface area (TPSA) is 58.1 Å². The van der Waals surface area contributed by atoms with Crippen LogP contribution in [0.15, 0.2) is 73.1 Å². The second-order valence-electron chi connectivity index (χ2n) is 6.42. The van der Waals surface area contributed by atoms with Crippen LogP contribution in [0.1, 0.15) is 28.9 Å². The first kappa shape index (κ1) is 16.3. The van der Waals surface area contributed by atoms with Crippen LogP contribution < -0.4 is 10.2 Å². The number of rotatable bonds is 6. The van der Waals surface area contributed by atoms with Gasteiger partial charge in [0.05, 0.1) is 6.54 Å². The number of hydrogen-bond acceptors (Lipinski definition) is 4. The third-order valence-electron chi connectivity index (χ3n) is 4.31.